The molecule has 0 radical (unpaired) electrons. The monoisotopic (exact) mass is 219 g/mol. The van der Waals surface area contributed by atoms with Crippen molar-refractivity contribution in [3.05, 3.63) is 35.9 Å². The summed E-state index contributed by atoms with van der Waals surface area (Å²) in [6, 6.07) is 9.84. The van der Waals surface area contributed by atoms with Gasteiger partial charge in [-0.05, 0) is 25.3 Å². The molecule has 1 aliphatic carbocycles. The molecule has 1 atom stereocenters. The number of carbonyl (C=O) groups excluding carboxylic acids is 1. The van der Waals surface area contributed by atoms with Crippen LogP contribution in [-0.4, -0.2) is 17.6 Å². The van der Waals surface area contributed by atoms with Crippen molar-refractivity contribution >= 4 is 5.91 Å². The molecule has 1 aromatic carbocycles. The Morgan fingerprint density at radius 1 is 1.44 bits per heavy atom. The predicted octanol–water partition coefficient (Wildman–Crippen LogP) is 1.64. The van der Waals surface area contributed by atoms with Gasteiger partial charge in [-0.15, -0.1) is 0 Å². The molecule has 1 amide bonds. The Balaban J connectivity index is 1.98. The zero-order valence-corrected chi connectivity index (χ0v) is 9.44. The molecule has 1 saturated carbocycles. The van der Waals surface area contributed by atoms with Crippen molar-refractivity contribution in [1.29, 1.82) is 0 Å². The Hall–Kier alpha value is -1.35. The van der Waals surface area contributed by atoms with Crippen molar-refractivity contribution in [2.24, 2.45) is 5.41 Å². The van der Waals surface area contributed by atoms with E-state index in [1.165, 1.54) is 0 Å². The number of aliphatic hydroxyl groups excluding tert-OH is 1. The molecule has 0 spiro atoms. The molecule has 1 unspecified atom stereocenters. The molecule has 0 saturated heterocycles. The van der Waals surface area contributed by atoms with Crippen molar-refractivity contribution in [2.75, 3.05) is 6.61 Å². The number of benzene rings is 1. The zero-order valence-electron chi connectivity index (χ0n) is 9.44. The smallest absolute Gasteiger partial charge is 0.229 e. The van der Waals surface area contributed by atoms with Gasteiger partial charge in [0.1, 0.15) is 0 Å². The number of hydrogen-bond donors (Lipinski definition) is 2. The van der Waals surface area contributed by atoms with E-state index in [-0.39, 0.29) is 18.6 Å². The molecular formula is C13H17NO2. The van der Waals surface area contributed by atoms with E-state index in [9.17, 15) is 4.79 Å². The van der Waals surface area contributed by atoms with Gasteiger partial charge in [-0.1, -0.05) is 30.3 Å². The van der Waals surface area contributed by atoms with Crippen LogP contribution in [0.5, 0.6) is 0 Å². The van der Waals surface area contributed by atoms with Gasteiger partial charge in [-0.2, -0.15) is 0 Å². The number of hydrogen-bond acceptors (Lipinski definition) is 2. The predicted molar refractivity (Wildman–Crippen MR) is 61.8 cm³/mol. The van der Waals surface area contributed by atoms with Gasteiger partial charge in [-0.25, -0.2) is 0 Å². The summed E-state index contributed by atoms with van der Waals surface area (Å²) in [4.78, 5) is 11.9. The highest BCUT2D eigenvalue weighted by molar-refractivity contribution is 5.85. The molecule has 1 fully saturated rings. The second-order valence-corrected chi connectivity index (χ2v) is 4.54. The average molecular weight is 219 g/mol. The first-order chi connectivity index (χ1) is 7.68. The van der Waals surface area contributed by atoms with Crippen molar-refractivity contribution in [2.45, 2.75) is 25.8 Å². The molecule has 2 N–H and O–H groups in total. The molecule has 16 heavy (non-hydrogen) atoms. The molecule has 2 rings (SSSR count). The summed E-state index contributed by atoms with van der Waals surface area (Å²) < 4.78 is 0. The summed E-state index contributed by atoms with van der Waals surface area (Å²) >= 11 is 0. The van der Waals surface area contributed by atoms with Crippen LogP contribution < -0.4 is 5.32 Å². The van der Waals surface area contributed by atoms with E-state index in [0.29, 0.717) is 0 Å². The average Bonchev–Trinajstić information content (AvgIpc) is 3.11. The van der Waals surface area contributed by atoms with Gasteiger partial charge in [0.05, 0.1) is 18.1 Å². The van der Waals surface area contributed by atoms with Crippen molar-refractivity contribution in [3.63, 3.8) is 0 Å². The SMILES string of the molecule is CC(NC(=O)C1(CO)CC1)c1ccccc1. The lowest BCUT2D eigenvalue weighted by Gasteiger charge is -2.18. The van der Waals surface area contributed by atoms with Crippen LogP contribution in [0.15, 0.2) is 30.3 Å². The van der Waals surface area contributed by atoms with Crippen molar-refractivity contribution in [3.8, 4) is 0 Å². The highest BCUT2D eigenvalue weighted by atomic mass is 16.3. The second-order valence-electron chi connectivity index (χ2n) is 4.54. The minimum Gasteiger partial charge on any atom is -0.395 e. The van der Waals surface area contributed by atoms with E-state index < -0.39 is 5.41 Å². The standard InChI is InChI=1S/C13H17NO2/c1-10(11-5-3-2-4-6-11)14-12(16)13(9-15)7-8-13/h2-6,10,15H,7-9H2,1H3,(H,14,16). The summed E-state index contributed by atoms with van der Waals surface area (Å²) in [5.74, 6) is -0.0219. The van der Waals surface area contributed by atoms with Crippen LogP contribution in [0.3, 0.4) is 0 Å². The first-order valence-corrected chi connectivity index (χ1v) is 5.65. The largest absolute Gasteiger partial charge is 0.395 e. The molecular weight excluding hydrogens is 202 g/mol. The van der Waals surface area contributed by atoms with Gasteiger partial charge < -0.3 is 10.4 Å². The molecule has 0 bridgehead atoms. The highest BCUT2D eigenvalue weighted by Crippen LogP contribution is 2.45. The number of nitrogens with one attached hydrogen (secondary N) is 1. The highest BCUT2D eigenvalue weighted by Gasteiger charge is 2.49. The number of carbonyl (C=O) groups is 1. The molecule has 86 valence electrons. The Kier molecular flexibility index (Phi) is 2.97. The van der Waals surface area contributed by atoms with Gasteiger partial charge in [0.15, 0.2) is 0 Å². The summed E-state index contributed by atoms with van der Waals surface area (Å²) in [5.41, 5.74) is 0.604. The Morgan fingerprint density at radius 2 is 2.06 bits per heavy atom. The van der Waals surface area contributed by atoms with Gasteiger partial charge in [0.2, 0.25) is 5.91 Å². The Morgan fingerprint density at radius 3 is 2.56 bits per heavy atom. The lowest BCUT2D eigenvalue weighted by atomic mass is 10.0. The van der Waals surface area contributed by atoms with Crippen molar-refractivity contribution < 1.29 is 9.90 Å². The van der Waals surface area contributed by atoms with E-state index in [1.54, 1.807) is 0 Å². The molecule has 3 nitrogen and oxygen atoms in total. The molecule has 0 aliphatic heterocycles. The first-order valence-electron chi connectivity index (χ1n) is 5.65. The lowest BCUT2D eigenvalue weighted by molar-refractivity contribution is -0.128. The maximum absolute atomic E-state index is 11.9. The van der Waals surface area contributed by atoms with Crippen molar-refractivity contribution in [1.82, 2.24) is 5.32 Å². The first kappa shape index (κ1) is 11.1. The summed E-state index contributed by atoms with van der Waals surface area (Å²) in [6.07, 6.45) is 1.60. The van der Waals surface area contributed by atoms with E-state index in [1.807, 2.05) is 37.3 Å². The van der Waals surface area contributed by atoms with Crippen LogP contribution >= 0.6 is 0 Å². The molecule has 1 aromatic rings. The summed E-state index contributed by atoms with van der Waals surface area (Å²) in [5, 5.41) is 12.1. The van der Waals surface area contributed by atoms with Crippen LogP contribution in [0.2, 0.25) is 0 Å². The third-order valence-corrected chi connectivity index (χ3v) is 3.29. The van der Waals surface area contributed by atoms with E-state index >= 15 is 0 Å². The molecule has 0 aromatic heterocycles. The van der Waals surface area contributed by atoms with E-state index in [2.05, 4.69) is 5.32 Å². The van der Waals surface area contributed by atoms with Gasteiger partial charge in [0.25, 0.3) is 0 Å². The van der Waals surface area contributed by atoms with E-state index in [4.69, 9.17) is 5.11 Å². The quantitative estimate of drug-likeness (QED) is 0.808. The van der Waals surface area contributed by atoms with Crippen LogP contribution in [-0.2, 0) is 4.79 Å². The van der Waals surface area contributed by atoms with E-state index in [0.717, 1.165) is 18.4 Å². The second kappa shape index (κ2) is 4.26. The number of aliphatic hydroxyl groups is 1. The van der Waals surface area contributed by atoms with Gasteiger partial charge in [-0.3, -0.25) is 4.79 Å². The molecule has 0 heterocycles. The Labute approximate surface area is 95.5 Å². The minimum atomic E-state index is -0.483. The molecule has 1 aliphatic rings. The fourth-order valence-corrected chi connectivity index (χ4v) is 1.78. The normalized spacial score (nSPS) is 18.9. The summed E-state index contributed by atoms with van der Waals surface area (Å²) in [6.45, 7) is 1.92. The maximum Gasteiger partial charge on any atom is 0.229 e. The third-order valence-electron chi connectivity index (χ3n) is 3.29. The minimum absolute atomic E-state index is 0.00211. The van der Waals surface area contributed by atoms with Gasteiger partial charge >= 0.3 is 0 Å². The lowest BCUT2D eigenvalue weighted by Crippen LogP contribution is -2.35. The topological polar surface area (TPSA) is 49.3 Å². The fraction of sp³-hybridized carbons (Fsp3) is 0.462. The van der Waals surface area contributed by atoms with Crippen LogP contribution in [0.4, 0.5) is 0 Å². The third kappa shape index (κ3) is 2.09. The van der Waals surface area contributed by atoms with Crippen LogP contribution in [0.25, 0.3) is 0 Å². The molecule has 3 heteroatoms. The maximum atomic E-state index is 11.9. The number of rotatable bonds is 4. The van der Waals surface area contributed by atoms with Gasteiger partial charge in [0, 0.05) is 0 Å². The number of amides is 1. The zero-order chi connectivity index (χ0) is 11.6. The Bertz CT molecular complexity index is 371. The summed E-state index contributed by atoms with van der Waals surface area (Å²) in [7, 11) is 0. The fourth-order valence-electron chi connectivity index (χ4n) is 1.78. The van der Waals surface area contributed by atoms with Crippen LogP contribution in [0, 0.1) is 5.41 Å². The van der Waals surface area contributed by atoms with Crippen LogP contribution in [0.1, 0.15) is 31.4 Å².